The Morgan fingerprint density at radius 3 is 2.32 bits per heavy atom. The van der Waals surface area contributed by atoms with E-state index in [0.717, 1.165) is 23.2 Å². The lowest BCUT2D eigenvalue weighted by atomic mass is 10.1. The van der Waals surface area contributed by atoms with Crippen LogP contribution in [0.2, 0.25) is 10.0 Å². The van der Waals surface area contributed by atoms with Gasteiger partial charge in [-0.2, -0.15) is 0 Å². The van der Waals surface area contributed by atoms with E-state index in [4.69, 9.17) is 27.9 Å². The van der Waals surface area contributed by atoms with Gasteiger partial charge in [0.25, 0.3) is 15.7 Å². The minimum Gasteiger partial charge on any atom is -0.497 e. The van der Waals surface area contributed by atoms with Gasteiger partial charge in [0.05, 0.1) is 32.7 Å². The highest BCUT2D eigenvalue weighted by Crippen LogP contribution is 2.30. The summed E-state index contributed by atoms with van der Waals surface area (Å²) < 4.78 is 34.1. The molecule has 0 bridgehead atoms. The number of anilines is 1. The van der Waals surface area contributed by atoms with Crippen molar-refractivity contribution < 1.29 is 27.7 Å². The summed E-state index contributed by atoms with van der Waals surface area (Å²) in [5.41, 5.74) is 0.563. The van der Waals surface area contributed by atoms with Crippen molar-refractivity contribution in [3.8, 4) is 5.75 Å². The summed E-state index contributed by atoms with van der Waals surface area (Å²) in [4.78, 5) is 38.9. The third kappa shape index (κ3) is 8.40. The number of aryl methyl sites for hydroxylation is 1. The van der Waals surface area contributed by atoms with Gasteiger partial charge in [-0.15, -0.1) is 0 Å². The second kappa shape index (κ2) is 15.2. The fourth-order valence-corrected chi connectivity index (χ4v) is 6.06. The molecule has 0 heterocycles. The maximum absolute atomic E-state index is 14.0. The first-order valence-corrected chi connectivity index (χ1v) is 15.9. The Hall–Kier alpha value is -3.87. The number of halogens is 2. The summed E-state index contributed by atoms with van der Waals surface area (Å²) in [5, 5.41) is 15.0. The third-order valence-electron chi connectivity index (χ3n) is 6.94. The van der Waals surface area contributed by atoms with Crippen LogP contribution < -0.4 is 14.4 Å². The minimum absolute atomic E-state index is 0.0788. The molecule has 0 radical (unpaired) electrons. The number of methoxy groups -OCH3 is 1. The van der Waals surface area contributed by atoms with E-state index in [1.165, 1.54) is 55.3 Å². The molecule has 1 atom stereocenters. The van der Waals surface area contributed by atoms with E-state index in [2.05, 4.69) is 5.32 Å². The first-order valence-electron chi connectivity index (χ1n) is 13.7. The lowest BCUT2D eigenvalue weighted by Gasteiger charge is -2.32. The van der Waals surface area contributed by atoms with E-state index in [9.17, 15) is 28.1 Å². The van der Waals surface area contributed by atoms with Crippen molar-refractivity contribution in [1.82, 2.24) is 10.2 Å². The summed E-state index contributed by atoms with van der Waals surface area (Å²) in [5.74, 6) is -0.669. The lowest BCUT2D eigenvalue weighted by molar-refractivity contribution is -0.385. The van der Waals surface area contributed by atoms with E-state index in [1.807, 2.05) is 6.92 Å². The summed E-state index contributed by atoms with van der Waals surface area (Å²) in [6.07, 6.45) is 1.60. The Morgan fingerprint density at radius 2 is 1.73 bits per heavy atom. The molecular weight excluding hydrogens is 631 g/mol. The van der Waals surface area contributed by atoms with Crippen molar-refractivity contribution in [2.45, 2.75) is 51.1 Å². The van der Waals surface area contributed by atoms with Crippen LogP contribution in [0.5, 0.6) is 5.75 Å². The Morgan fingerprint density at radius 1 is 1.05 bits per heavy atom. The summed E-state index contributed by atoms with van der Waals surface area (Å²) in [6.45, 7) is 4.63. The molecule has 2 amide bonds. The largest absolute Gasteiger partial charge is 0.497 e. The van der Waals surface area contributed by atoms with Gasteiger partial charge in [0.2, 0.25) is 11.8 Å². The molecular formula is C30H34Cl2N4O7S. The number of carbonyl (C=O) groups is 2. The molecule has 1 N–H and O–H groups in total. The molecule has 3 aromatic carbocycles. The number of nitro benzene ring substituents is 1. The Balaban J connectivity index is 2.08. The van der Waals surface area contributed by atoms with Crippen molar-refractivity contribution in [1.29, 1.82) is 0 Å². The molecule has 0 aliphatic heterocycles. The van der Waals surface area contributed by atoms with Crippen LogP contribution in [0, 0.1) is 17.0 Å². The Bertz CT molecular complexity index is 1620. The molecule has 0 saturated heterocycles. The van der Waals surface area contributed by atoms with Gasteiger partial charge in [0, 0.05) is 24.7 Å². The summed E-state index contributed by atoms with van der Waals surface area (Å²) in [6, 6.07) is 13.3. The molecule has 0 unspecified atom stereocenters. The fraction of sp³-hybridized carbons (Fsp3) is 0.333. The number of nitro groups is 1. The van der Waals surface area contributed by atoms with Crippen LogP contribution in [0.25, 0.3) is 0 Å². The van der Waals surface area contributed by atoms with Crippen LogP contribution in [0.4, 0.5) is 11.4 Å². The first-order chi connectivity index (χ1) is 20.8. The van der Waals surface area contributed by atoms with Crippen LogP contribution in [0.15, 0.2) is 65.6 Å². The highest BCUT2D eigenvalue weighted by molar-refractivity contribution is 7.92. The molecule has 0 saturated carbocycles. The zero-order valence-corrected chi connectivity index (χ0v) is 27.1. The van der Waals surface area contributed by atoms with Crippen molar-refractivity contribution >= 4 is 56.4 Å². The van der Waals surface area contributed by atoms with Crippen LogP contribution >= 0.6 is 23.2 Å². The molecule has 0 fully saturated rings. The van der Waals surface area contributed by atoms with Crippen LogP contribution in [-0.2, 0) is 26.2 Å². The minimum atomic E-state index is -4.52. The number of ether oxygens (including phenoxy) is 1. The predicted molar refractivity (Wildman–Crippen MR) is 170 cm³/mol. The average Bonchev–Trinajstić information content (AvgIpc) is 2.99. The lowest BCUT2D eigenvalue weighted by Crippen LogP contribution is -2.51. The molecule has 0 spiro atoms. The fourth-order valence-electron chi connectivity index (χ4n) is 4.30. The number of benzene rings is 3. The number of hydrogen-bond acceptors (Lipinski definition) is 7. The number of carbonyl (C=O) groups excluding carboxylic acids is 2. The number of unbranched alkanes of at least 4 members (excludes halogenated alkanes) is 1. The monoisotopic (exact) mass is 664 g/mol. The normalized spacial score (nSPS) is 11.9. The molecule has 0 aromatic heterocycles. The van der Waals surface area contributed by atoms with E-state index < -0.39 is 39.3 Å². The third-order valence-corrected chi connectivity index (χ3v) is 9.45. The zero-order chi connectivity index (χ0) is 32.6. The number of rotatable bonds is 14. The zero-order valence-electron chi connectivity index (χ0n) is 24.7. The highest BCUT2D eigenvalue weighted by atomic mass is 35.5. The molecule has 11 nitrogen and oxygen atoms in total. The number of sulfonamides is 1. The number of nitrogens with one attached hydrogen (secondary N) is 1. The van der Waals surface area contributed by atoms with Crippen LogP contribution in [0.3, 0.4) is 0 Å². The predicted octanol–water partition coefficient (Wildman–Crippen LogP) is 5.75. The van der Waals surface area contributed by atoms with Crippen LogP contribution in [0.1, 0.15) is 37.8 Å². The number of hydrogen-bond donors (Lipinski definition) is 1. The SMILES string of the molecule is CCCCNC(=O)[C@H](C)N(Cc1ccc(Cl)c(Cl)c1)C(=O)CN(c1ccc(OC)cc1)S(=O)(=O)c1ccc(C)c([N+](=O)[O-])c1. The van der Waals surface area contributed by atoms with Gasteiger partial charge in [-0.25, -0.2) is 8.42 Å². The Labute approximate surface area is 266 Å². The molecule has 236 valence electrons. The molecule has 14 heteroatoms. The van der Waals surface area contributed by atoms with Crippen LogP contribution in [-0.4, -0.2) is 56.3 Å². The van der Waals surface area contributed by atoms with Crippen molar-refractivity contribution in [2.75, 3.05) is 24.5 Å². The van der Waals surface area contributed by atoms with Gasteiger partial charge in [0.1, 0.15) is 18.3 Å². The summed E-state index contributed by atoms with van der Waals surface area (Å²) in [7, 11) is -3.07. The van der Waals surface area contributed by atoms with Crippen molar-refractivity contribution in [2.24, 2.45) is 0 Å². The van der Waals surface area contributed by atoms with Gasteiger partial charge in [0.15, 0.2) is 0 Å². The topological polar surface area (TPSA) is 139 Å². The number of amides is 2. The number of nitrogens with zero attached hydrogens (tertiary/aromatic N) is 3. The Kier molecular flexibility index (Phi) is 12.0. The first kappa shape index (κ1) is 34.6. The average molecular weight is 666 g/mol. The molecule has 3 aromatic rings. The molecule has 0 aliphatic carbocycles. The molecule has 0 aliphatic rings. The van der Waals surface area contributed by atoms with Gasteiger partial charge in [-0.05, 0) is 68.3 Å². The highest BCUT2D eigenvalue weighted by Gasteiger charge is 2.33. The van der Waals surface area contributed by atoms with Gasteiger partial charge in [-0.1, -0.05) is 48.7 Å². The van der Waals surface area contributed by atoms with Gasteiger partial charge < -0.3 is 15.0 Å². The van der Waals surface area contributed by atoms with E-state index >= 15 is 0 Å². The van der Waals surface area contributed by atoms with Crippen molar-refractivity contribution in [3.05, 3.63) is 92.0 Å². The maximum Gasteiger partial charge on any atom is 0.273 e. The standard InChI is InChI=1S/C30H34Cl2N4O7S/c1-5-6-15-33-30(38)21(3)34(18-22-8-14-26(31)27(32)16-22)29(37)19-35(23-9-11-24(43-4)12-10-23)44(41,42)25-13-7-20(2)28(17-25)36(39)40/h7-14,16-17,21H,5-6,15,18-19H2,1-4H3,(H,33,38)/t21-/m0/s1. The van der Waals surface area contributed by atoms with E-state index in [0.29, 0.717) is 22.9 Å². The van der Waals surface area contributed by atoms with Gasteiger partial charge in [-0.3, -0.25) is 24.0 Å². The molecule has 3 rings (SSSR count). The quantitative estimate of drug-likeness (QED) is 0.132. The second-order valence-electron chi connectivity index (χ2n) is 10.0. The molecule has 44 heavy (non-hydrogen) atoms. The second-order valence-corrected chi connectivity index (χ2v) is 12.7. The van der Waals surface area contributed by atoms with E-state index in [-0.39, 0.29) is 33.4 Å². The maximum atomic E-state index is 14.0. The van der Waals surface area contributed by atoms with Gasteiger partial charge >= 0.3 is 0 Å². The smallest absolute Gasteiger partial charge is 0.273 e. The summed E-state index contributed by atoms with van der Waals surface area (Å²) >= 11 is 12.3. The van der Waals surface area contributed by atoms with Crippen molar-refractivity contribution in [3.63, 3.8) is 0 Å². The van der Waals surface area contributed by atoms with E-state index in [1.54, 1.807) is 25.1 Å².